The molecule has 1 heterocycles. The fourth-order valence-corrected chi connectivity index (χ4v) is 1.97. The highest BCUT2D eigenvalue weighted by Crippen LogP contribution is 2.23. The van der Waals surface area contributed by atoms with E-state index in [4.69, 9.17) is 17.3 Å². The number of halogens is 1. The summed E-state index contributed by atoms with van der Waals surface area (Å²) in [5.74, 6) is 0.532. The highest BCUT2D eigenvalue weighted by Gasteiger charge is 2.11. The number of nitrogen functional groups attached to an aromatic ring is 1. The third-order valence-electron chi connectivity index (χ3n) is 2.92. The Labute approximate surface area is 106 Å². The van der Waals surface area contributed by atoms with Gasteiger partial charge in [0.25, 0.3) is 0 Å². The molecule has 2 aromatic rings. The van der Waals surface area contributed by atoms with Gasteiger partial charge >= 0.3 is 0 Å². The Morgan fingerprint density at radius 1 is 1.29 bits per heavy atom. The van der Waals surface area contributed by atoms with Crippen molar-refractivity contribution in [2.45, 2.75) is 27.3 Å². The molecule has 4 heteroatoms. The van der Waals surface area contributed by atoms with E-state index in [1.807, 2.05) is 6.92 Å². The fourth-order valence-electron chi connectivity index (χ4n) is 1.83. The van der Waals surface area contributed by atoms with E-state index in [2.05, 4.69) is 37.1 Å². The molecule has 0 aliphatic carbocycles. The van der Waals surface area contributed by atoms with Gasteiger partial charge in [-0.3, -0.25) is 0 Å². The number of nitrogens with two attached hydrogens (primary N) is 1. The van der Waals surface area contributed by atoms with Gasteiger partial charge in [-0.1, -0.05) is 35.4 Å². The lowest BCUT2D eigenvalue weighted by atomic mass is 10.1. The van der Waals surface area contributed by atoms with Gasteiger partial charge in [-0.25, -0.2) is 4.68 Å². The predicted molar refractivity (Wildman–Crippen MR) is 71.4 cm³/mol. The van der Waals surface area contributed by atoms with Crippen molar-refractivity contribution in [2.24, 2.45) is 0 Å². The van der Waals surface area contributed by atoms with E-state index in [-0.39, 0.29) is 0 Å². The van der Waals surface area contributed by atoms with Crippen molar-refractivity contribution in [3.05, 3.63) is 45.6 Å². The molecule has 3 nitrogen and oxygen atoms in total. The Balaban J connectivity index is 2.37. The third-order valence-corrected chi connectivity index (χ3v) is 3.38. The number of hydrogen-bond donors (Lipinski definition) is 1. The van der Waals surface area contributed by atoms with Crippen LogP contribution in [0.25, 0.3) is 0 Å². The number of hydrogen-bond acceptors (Lipinski definition) is 2. The van der Waals surface area contributed by atoms with Crippen LogP contribution in [-0.4, -0.2) is 9.78 Å². The number of benzene rings is 1. The molecule has 17 heavy (non-hydrogen) atoms. The van der Waals surface area contributed by atoms with E-state index in [0.717, 1.165) is 5.69 Å². The van der Waals surface area contributed by atoms with Crippen molar-refractivity contribution in [1.29, 1.82) is 0 Å². The van der Waals surface area contributed by atoms with Crippen LogP contribution in [0.4, 0.5) is 5.82 Å². The van der Waals surface area contributed by atoms with Crippen LogP contribution in [-0.2, 0) is 6.54 Å². The maximum atomic E-state index is 6.03. The van der Waals surface area contributed by atoms with E-state index >= 15 is 0 Å². The maximum Gasteiger partial charge on any atom is 0.141 e. The van der Waals surface area contributed by atoms with Crippen LogP contribution in [0.5, 0.6) is 0 Å². The smallest absolute Gasteiger partial charge is 0.141 e. The number of nitrogens with zero attached hydrogens (tertiary/aromatic N) is 2. The fraction of sp³-hybridized carbons (Fsp3) is 0.308. The quantitative estimate of drug-likeness (QED) is 0.889. The molecule has 2 rings (SSSR count). The summed E-state index contributed by atoms with van der Waals surface area (Å²) < 4.78 is 1.75. The average molecular weight is 250 g/mol. The minimum Gasteiger partial charge on any atom is -0.383 e. The summed E-state index contributed by atoms with van der Waals surface area (Å²) in [4.78, 5) is 0. The van der Waals surface area contributed by atoms with Crippen LogP contribution in [0.2, 0.25) is 5.02 Å². The molecular weight excluding hydrogens is 234 g/mol. The summed E-state index contributed by atoms with van der Waals surface area (Å²) in [5, 5.41) is 4.89. The van der Waals surface area contributed by atoms with Crippen molar-refractivity contribution in [3.63, 3.8) is 0 Å². The van der Waals surface area contributed by atoms with E-state index in [0.29, 0.717) is 17.4 Å². The van der Waals surface area contributed by atoms with Crippen molar-refractivity contribution < 1.29 is 0 Å². The zero-order valence-corrected chi connectivity index (χ0v) is 11.0. The van der Waals surface area contributed by atoms with Gasteiger partial charge in [0.05, 0.1) is 12.2 Å². The van der Waals surface area contributed by atoms with Crippen LogP contribution in [0.3, 0.4) is 0 Å². The normalized spacial score (nSPS) is 10.8. The average Bonchev–Trinajstić information content (AvgIpc) is 2.52. The second-order valence-electron chi connectivity index (χ2n) is 4.37. The zero-order chi connectivity index (χ0) is 12.6. The number of aryl methyl sites for hydroxylation is 3. The largest absolute Gasteiger partial charge is 0.383 e. The first-order valence-electron chi connectivity index (χ1n) is 5.53. The Bertz CT molecular complexity index is 558. The van der Waals surface area contributed by atoms with Gasteiger partial charge in [0.1, 0.15) is 10.8 Å². The Hall–Kier alpha value is -1.48. The molecule has 0 unspecified atom stereocenters. The minimum atomic E-state index is 0.532. The van der Waals surface area contributed by atoms with Gasteiger partial charge in [0, 0.05) is 0 Å². The second kappa shape index (κ2) is 4.41. The molecular formula is C13H16ClN3. The van der Waals surface area contributed by atoms with Gasteiger partial charge in [-0.2, -0.15) is 5.10 Å². The van der Waals surface area contributed by atoms with Crippen LogP contribution >= 0.6 is 11.6 Å². The molecule has 90 valence electrons. The molecule has 0 radical (unpaired) electrons. The van der Waals surface area contributed by atoms with Gasteiger partial charge < -0.3 is 5.73 Å². The molecule has 1 aromatic carbocycles. The Morgan fingerprint density at radius 3 is 2.59 bits per heavy atom. The van der Waals surface area contributed by atoms with Crippen molar-refractivity contribution in [1.82, 2.24) is 9.78 Å². The summed E-state index contributed by atoms with van der Waals surface area (Å²) in [6.45, 7) is 6.68. The summed E-state index contributed by atoms with van der Waals surface area (Å²) in [5.41, 5.74) is 10.4. The molecule has 0 amide bonds. The molecule has 0 aliphatic heterocycles. The lowest BCUT2D eigenvalue weighted by molar-refractivity contribution is 0.686. The Morgan fingerprint density at radius 2 is 2.00 bits per heavy atom. The van der Waals surface area contributed by atoms with E-state index in [9.17, 15) is 0 Å². The summed E-state index contributed by atoms with van der Waals surface area (Å²) >= 11 is 6.03. The number of rotatable bonds is 2. The van der Waals surface area contributed by atoms with Gasteiger partial charge in [0.15, 0.2) is 0 Å². The van der Waals surface area contributed by atoms with Crippen LogP contribution in [0.1, 0.15) is 22.4 Å². The molecule has 0 aliphatic rings. The van der Waals surface area contributed by atoms with E-state index < -0.39 is 0 Å². The summed E-state index contributed by atoms with van der Waals surface area (Å²) in [7, 11) is 0. The molecule has 2 N–H and O–H groups in total. The summed E-state index contributed by atoms with van der Waals surface area (Å²) in [6, 6.07) is 6.36. The van der Waals surface area contributed by atoms with E-state index in [1.165, 1.54) is 16.7 Å². The minimum absolute atomic E-state index is 0.532. The second-order valence-corrected chi connectivity index (χ2v) is 4.75. The molecule has 0 saturated carbocycles. The van der Waals surface area contributed by atoms with Crippen LogP contribution in [0.15, 0.2) is 18.2 Å². The molecule has 1 aromatic heterocycles. The first kappa shape index (κ1) is 12.0. The zero-order valence-electron chi connectivity index (χ0n) is 10.3. The van der Waals surface area contributed by atoms with Crippen LogP contribution < -0.4 is 5.73 Å². The van der Waals surface area contributed by atoms with Gasteiger partial charge in [0.2, 0.25) is 0 Å². The number of aromatic nitrogens is 2. The lowest BCUT2D eigenvalue weighted by Crippen LogP contribution is -2.07. The molecule has 0 bridgehead atoms. The molecule has 0 atom stereocenters. The lowest BCUT2D eigenvalue weighted by Gasteiger charge is -2.08. The van der Waals surface area contributed by atoms with E-state index in [1.54, 1.807) is 4.68 Å². The van der Waals surface area contributed by atoms with Gasteiger partial charge in [-0.15, -0.1) is 0 Å². The van der Waals surface area contributed by atoms with Crippen molar-refractivity contribution in [2.75, 3.05) is 5.73 Å². The SMILES string of the molecule is Cc1ccc(C)c(Cn2nc(C)c(Cl)c2N)c1. The first-order valence-corrected chi connectivity index (χ1v) is 5.91. The van der Waals surface area contributed by atoms with Crippen molar-refractivity contribution in [3.8, 4) is 0 Å². The highest BCUT2D eigenvalue weighted by atomic mass is 35.5. The maximum absolute atomic E-state index is 6.03. The predicted octanol–water partition coefficient (Wildman–Crippen LogP) is 3.09. The van der Waals surface area contributed by atoms with Crippen LogP contribution in [0, 0.1) is 20.8 Å². The summed E-state index contributed by atoms with van der Waals surface area (Å²) in [6.07, 6.45) is 0. The Kier molecular flexibility index (Phi) is 3.11. The molecule has 0 fully saturated rings. The standard InChI is InChI=1S/C13H16ClN3/c1-8-4-5-9(2)11(6-8)7-17-13(15)12(14)10(3)16-17/h4-6H,7,15H2,1-3H3. The topological polar surface area (TPSA) is 43.8 Å². The molecule has 0 spiro atoms. The van der Waals surface area contributed by atoms with Crippen molar-refractivity contribution >= 4 is 17.4 Å². The first-order chi connectivity index (χ1) is 7.99. The number of anilines is 1. The monoisotopic (exact) mass is 249 g/mol. The third kappa shape index (κ3) is 2.29. The molecule has 0 saturated heterocycles. The van der Waals surface area contributed by atoms with Gasteiger partial charge in [-0.05, 0) is 31.9 Å². The highest BCUT2D eigenvalue weighted by molar-refractivity contribution is 6.33.